The minimum atomic E-state index is -4.75. The molecule has 0 unspecified atom stereocenters. The lowest BCUT2D eigenvalue weighted by Gasteiger charge is -2.16. The lowest BCUT2D eigenvalue weighted by Crippen LogP contribution is -2.36. The zero-order valence-electron chi connectivity index (χ0n) is 17.8. The van der Waals surface area contributed by atoms with Crippen LogP contribution in [-0.4, -0.2) is 23.9 Å². The summed E-state index contributed by atoms with van der Waals surface area (Å²) in [7, 11) is 1.58. The first-order valence-electron chi connectivity index (χ1n) is 9.85. The number of nitrogens with one attached hydrogen (secondary N) is 2. The molecule has 2 N–H and O–H groups in total. The molecule has 0 aliphatic heterocycles. The van der Waals surface area contributed by atoms with E-state index in [9.17, 15) is 18.0 Å². The summed E-state index contributed by atoms with van der Waals surface area (Å²) in [5.41, 5.74) is 2.27. The van der Waals surface area contributed by atoms with Crippen LogP contribution < -0.4 is 20.9 Å². The number of ether oxygens (including phenoxy) is 1. The van der Waals surface area contributed by atoms with Crippen molar-refractivity contribution in [1.29, 1.82) is 0 Å². The van der Waals surface area contributed by atoms with Gasteiger partial charge in [0.25, 0.3) is 5.56 Å². The van der Waals surface area contributed by atoms with E-state index in [1.54, 1.807) is 36.0 Å². The number of pyridine rings is 1. The van der Waals surface area contributed by atoms with E-state index in [1.807, 2.05) is 30.3 Å². The summed E-state index contributed by atoms with van der Waals surface area (Å²) in [6.45, 7) is 1.05. The predicted octanol–water partition coefficient (Wildman–Crippen LogP) is 4.28. The van der Waals surface area contributed by atoms with Crippen molar-refractivity contribution in [3.8, 4) is 5.75 Å². The number of aliphatic imine (C=N–C) groups is 1. The van der Waals surface area contributed by atoms with Crippen LogP contribution in [0.1, 0.15) is 16.7 Å². The number of halogens is 4. The number of aromatic nitrogens is 1. The number of guanidine groups is 1. The fraction of sp³-hybridized carbons (Fsp3) is 0.217. The Morgan fingerprint density at radius 1 is 0.939 bits per heavy atom. The van der Waals surface area contributed by atoms with Crippen LogP contribution in [0, 0.1) is 0 Å². The van der Waals surface area contributed by atoms with Crippen molar-refractivity contribution in [2.75, 3.05) is 7.05 Å². The van der Waals surface area contributed by atoms with E-state index < -0.39 is 6.36 Å². The molecule has 0 saturated heterocycles. The average molecular weight is 572 g/mol. The molecular formula is C23H24F3IN4O2. The van der Waals surface area contributed by atoms with Gasteiger partial charge in [-0.1, -0.05) is 48.5 Å². The molecule has 0 aliphatic rings. The fourth-order valence-electron chi connectivity index (χ4n) is 3.01. The average Bonchev–Trinajstić information content (AvgIpc) is 2.76. The summed E-state index contributed by atoms with van der Waals surface area (Å²) in [4.78, 5) is 15.9. The fourth-order valence-corrected chi connectivity index (χ4v) is 3.01. The third-order valence-electron chi connectivity index (χ3n) is 4.60. The van der Waals surface area contributed by atoms with Gasteiger partial charge in [-0.15, -0.1) is 37.1 Å². The maximum absolute atomic E-state index is 12.6. The van der Waals surface area contributed by atoms with Crippen LogP contribution in [0.5, 0.6) is 5.75 Å². The van der Waals surface area contributed by atoms with Crippen molar-refractivity contribution in [2.24, 2.45) is 4.99 Å². The molecule has 3 rings (SSSR count). The second-order valence-electron chi connectivity index (χ2n) is 6.92. The lowest BCUT2D eigenvalue weighted by atomic mass is 10.1. The van der Waals surface area contributed by atoms with Crippen LogP contribution in [0.4, 0.5) is 13.2 Å². The maximum atomic E-state index is 12.6. The van der Waals surface area contributed by atoms with Crippen LogP contribution in [-0.2, 0) is 19.6 Å². The Bertz CT molecular complexity index is 1120. The number of rotatable bonds is 7. The normalized spacial score (nSPS) is 11.5. The first-order valence-corrected chi connectivity index (χ1v) is 9.85. The molecule has 0 fully saturated rings. The first kappa shape index (κ1) is 26.2. The minimum absolute atomic E-state index is 0. The second kappa shape index (κ2) is 12.3. The highest BCUT2D eigenvalue weighted by Gasteiger charge is 2.31. The first-order chi connectivity index (χ1) is 15.3. The Balaban J connectivity index is 0.00000385. The van der Waals surface area contributed by atoms with E-state index in [0.717, 1.165) is 11.1 Å². The van der Waals surface area contributed by atoms with Crippen LogP contribution >= 0.6 is 24.0 Å². The topological polar surface area (TPSA) is 67.7 Å². The SMILES string of the molecule is CN=C(NCc1ccc(Cn2ccccc2=O)cc1)NCc1ccccc1OC(F)(F)F.I. The molecule has 0 radical (unpaired) electrons. The molecule has 1 aromatic heterocycles. The summed E-state index contributed by atoms with van der Waals surface area (Å²) >= 11 is 0. The van der Waals surface area contributed by atoms with E-state index >= 15 is 0 Å². The molecule has 6 nitrogen and oxygen atoms in total. The number of hydrogen-bond donors (Lipinski definition) is 2. The minimum Gasteiger partial charge on any atom is -0.405 e. The number of alkyl halides is 3. The zero-order chi connectivity index (χ0) is 23.0. The van der Waals surface area contributed by atoms with E-state index in [0.29, 0.717) is 24.6 Å². The summed E-state index contributed by atoms with van der Waals surface area (Å²) in [6, 6.07) is 18.7. The molecule has 0 atom stereocenters. The van der Waals surface area contributed by atoms with Gasteiger partial charge in [-0.05, 0) is 23.3 Å². The van der Waals surface area contributed by atoms with Gasteiger partial charge in [0.2, 0.25) is 0 Å². The Labute approximate surface area is 206 Å². The van der Waals surface area contributed by atoms with Gasteiger partial charge in [-0.3, -0.25) is 9.79 Å². The molecule has 0 aliphatic carbocycles. The number of para-hydroxylation sites is 1. The Morgan fingerprint density at radius 3 is 2.24 bits per heavy atom. The Hall–Kier alpha value is -3.02. The summed E-state index contributed by atoms with van der Waals surface area (Å²) in [6.07, 6.45) is -3.01. The van der Waals surface area contributed by atoms with Gasteiger partial charge in [0, 0.05) is 38.0 Å². The molecule has 3 aromatic rings. The predicted molar refractivity (Wildman–Crippen MR) is 132 cm³/mol. The second-order valence-corrected chi connectivity index (χ2v) is 6.92. The Morgan fingerprint density at radius 2 is 1.58 bits per heavy atom. The molecule has 1 heterocycles. The molecule has 33 heavy (non-hydrogen) atoms. The molecule has 0 spiro atoms. The zero-order valence-corrected chi connectivity index (χ0v) is 20.1. The molecule has 0 saturated carbocycles. The van der Waals surface area contributed by atoms with Crippen molar-refractivity contribution in [1.82, 2.24) is 15.2 Å². The van der Waals surface area contributed by atoms with Crippen molar-refractivity contribution in [3.05, 3.63) is 100.0 Å². The molecule has 0 amide bonds. The molecule has 10 heteroatoms. The molecule has 0 bridgehead atoms. The van der Waals surface area contributed by atoms with Gasteiger partial charge in [0.15, 0.2) is 5.96 Å². The van der Waals surface area contributed by atoms with Crippen molar-refractivity contribution in [2.45, 2.75) is 26.0 Å². The van der Waals surface area contributed by atoms with Gasteiger partial charge in [-0.25, -0.2) is 0 Å². The van der Waals surface area contributed by atoms with E-state index in [2.05, 4.69) is 20.4 Å². The van der Waals surface area contributed by atoms with E-state index in [-0.39, 0.29) is 41.8 Å². The molecule has 2 aromatic carbocycles. The quantitative estimate of drug-likeness (QED) is 0.252. The monoisotopic (exact) mass is 572 g/mol. The van der Waals surface area contributed by atoms with Gasteiger partial charge in [-0.2, -0.15) is 0 Å². The Kier molecular flexibility index (Phi) is 9.76. The van der Waals surface area contributed by atoms with Crippen molar-refractivity contribution < 1.29 is 17.9 Å². The number of benzene rings is 2. The van der Waals surface area contributed by atoms with Crippen LogP contribution in [0.3, 0.4) is 0 Å². The largest absolute Gasteiger partial charge is 0.573 e. The van der Waals surface area contributed by atoms with Gasteiger partial charge < -0.3 is 19.9 Å². The van der Waals surface area contributed by atoms with Crippen LogP contribution in [0.2, 0.25) is 0 Å². The van der Waals surface area contributed by atoms with E-state index in [1.165, 1.54) is 18.2 Å². The van der Waals surface area contributed by atoms with Crippen LogP contribution in [0.25, 0.3) is 0 Å². The third-order valence-corrected chi connectivity index (χ3v) is 4.60. The smallest absolute Gasteiger partial charge is 0.405 e. The van der Waals surface area contributed by atoms with Crippen molar-refractivity contribution in [3.63, 3.8) is 0 Å². The van der Waals surface area contributed by atoms with Gasteiger partial charge in [0.1, 0.15) is 5.75 Å². The van der Waals surface area contributed by atoms with Gasteiger partial charge >= 0.3 is 6.36 Å². The summed E-state index contributed by atoms with van der Waals surface area (Å²) < 4.78 is 43.4. The number of nitrogens with zero attached hydrogens (tertiary/aromatic N) is 2. The van der Waals surface area contributed by atoms with Gasteiger partial charge in [0.05, 0.1) is 6.54 Å². The standard InChI is InChI=1S/C23H23F3N4O2.HI/c1-27-22(29-15-19-6-2-3-7-20(19)32-23(24,25)26)28-14-17-9-11-18(12-10-17)16-30-13-5-4-8-21(30)31;/h2-13H,14-16H2,1H3,(H2,27,28,29);1H. The number of hydrogen-bond acceptors (Lipinski definition) is 3. The highest BCUT2D eigenvalue weighted by atomic mass is 127. The summed E-state index contributed by atoms with van der Waals surface area (Å²) in [5.74, 6) is 0.183. The summed E-state index contributed by atoms with van der Waals surface area (Å²) in [5, 5.41) is 6.11. The van der Waals surface area contributed by atoms with Crippen molar-refractivity contribution >= 4 is 29.9 Å². The van der Waals surface area contributed by atoms with Crippen LogP contribution in [0.15, 0.2) is 82.7 Å². The lowest BCUT2D eigenvalue weighted by molar-refractivity contribution is -0.274. The molecular weight excluding hydrogens is 548 g/mol. The van der Waals surface area contributed by atoms with E-state index in [4.69, 9.17) is 0 Å². The third kappa shape index (κ3) is 8.44. The molecule has 176 valence electrons. The highest BCUT2D eigenvalue weighted by molar-refractivity contribution is 14.0. The highest BCUT2D eigenvalue weighted by Crippen LogP contribution is 2.26. The maximum Gasteiger partial charge on any atom is 0.573 e.